The number of benzene rings is 1. The molecule has 2 rings (SSSR count). The van der Waals surface area contributed by atoms with Crippen LogP contribution in [-0.4, -0.2) is 13.7 Å². The molecule has 2 aromatic rings. The summed E-state index contributed by atoms with van der Waals surface area (Å²) in [6.45, 7) is 0. The van der Waals surface area contributed by atoms with Gasteiger partial charge in [0.25, 0.3) is 0 Å². The van der Waals surface area contributed by atoms with Crippen LogP contribution in [0.5, 0.6) is 0 Å². The number of pyridine rings is 1. The van der Waals surface area contributed by atoms with E-state index in [4.69, 9.17) is 0 Å². The van der Waals surface area contributed by atoms with Gasteiger partial charge in [0.15, 0.2) is 0 Å². The Morgan fingerprint density at radius 2 is 1.86 bits per heavy atom. The van der Waals surface area contributed by atoms with Crippen molar-refractivity contribution in [1.29, 1.82) is 0 Å². The van der Waals surface area contributed by atoms with Gasteiger partial charge in [-0.3, -0.25) is 4.21 Å². The van der Waals surface area contributed by atoms with Gasteiger partial charge in [0.05, 0.1) is 5.52 Å². The maximum absolute atomic E-state index is 10.6. The van der Waals surface area contributed by atoms with Crippen LogP contribution in [0.15, 0.2) is 41.4 Å². The van der Waals surface area contributed by atoms with E-state index in [1.165, 1.54) is 6.07 Å². The van der Waals surface area contributed by atoms with Gasteiger partial charge in [-0.15, -0.1) is 0 Å². The normalized spacial score (nSPS) is 12.1. The molecule has 1 atom stereocenters. The first-order valence-electron chi connectivity index (χ1n) is 3.72. The maximum atomic E-state index is 10.6. The third-order valence-corrected chi connectivity index (χ3v) is 2.31. The monoisotopic (exact) mass is 199 g/mol. The van der Waals surface area contributed by atoms with Crippen LogP contribution in [0.25, 0.3) is 10.9 Å². The van der Waals surface area contributed by atoms with Crippen LogP contribution < -0.4 is 18.9 Å². The minimum atomic E-state index is -2.25. The number of nitrogens with zero attached hydrogens (tertiary/aromatic N) is 1. The summed E-state index contributed by atoms with van der Waals surface area (Å²) in [5, 5.41) is 1.02. The van der Waals surface area contributed by atoms with Gasteiger partial charge >= 0.3 is 18.9 Å². The predicted octanol–water partition coefficient (Wildman–Crippen LogP) is -1.52. The van der Waals surface area contributed by atoms with Gasteiger partial charge < -0.3 is 4.55 Å². The molecule has 0 aliphatic heterocycles. The van der Waals surface area contributed by atoms with E-state index in [1.807, 2.05) is 18.2 Å². The molecule has 0 spiro atoms. The summed E-state index contributed by atoms with van der Waals surface area (Å²) in [6.07, 6.45) is 0. The van der Waals surface area contributed by atoms with Crippen LogP contribution in [0.2, 0.25) is 0 Å². The van der Waals surface area contributed by atoms with Crippen molar-refractivity contribution in [3.63, 3.8) is 0 Å². The number of rotatable bonds is 1. The van der Waals surface area contributed by atoms with Crippen LogP contribution in [0, 0.1) is 0 Å². The van der Waals surface area contributed by atoms with Crippen molar-refractivity contribution < 1.29 is 27.6 Å². The Kier molecular flexibility index (Phi) is 3.84. The fourth-order valence-corrected chi connectivity index (χ4v) is 1.49. The molecular formula is C9H6LiNO2S. The molecule has 1 aromatic carbocycles. The first-order chi connectivity index (χ1) is 6.27. The molecule has 0 N–H and O–H groups in total. The molecule has 0 aliphatic carbocycles. The van der Waals surface area contributed by atoms with Gasteiger partial charge in [-0.25, -0.2) is 4.98 Å². The quantitative estimate of drug-likeness (QED) is 0.414. The number of aromatic nitrogens is 1. The van der Waals surface area contributed by atoms with Gasteiger partial charge in [-0.05, 0) is 23.2 Å². The first-order valence-corrected chi connectivity index (χ1v) is 4.80. The SMILES string of the molecule is O=S([O-])c1ccc2ccccc2n1.[Li+]. The largest absolute Gasteiger partial charge is 1.00 e. The fourth-order valence-electron chi connectivity index (χ4n) is 1.14. The molecule has 5 heteroatoms. The van der Waals surface area contributed by atoms with Crippen LogP contribution in [0.3, 0.4) is 0 Å². The Hall–Kier alpha value is -0.663. The molecule has 0 saturated heterocycles. The summed E-state index contributed by atoms with van der Waals surface area (Å²) in [4.78, 5) is 3.96. The summed E-state index contributed by atoms with van der Waals surface area (Å²) in [5.41, 5.74) is 0.698. The van der Waals surface area contributed by atoms with E-state index in [0.29, 0.717) is 5.52 Å². The Morgan fingerprint density at radius 3 is 2.57 bits per heavy atom. The van der Waals surface area contributed by atoms with Gasteiger partial charge in [-0.1, -0.05) is 24.3 Å². The zero-order valence-corrected chi connectivity index (χ0v) is 8.45. The zero-order valence-electron chi connectivity index (χ0n) is 7.64. The van der Waals surface area contributed by atoms with Crippen LogP contribution in [0.4, 0.5) is 0 Å². The van der Waals surface area contributed by atoms with Crippen molar-refractivity contribution in [2.75, 3.05) is 0 Å². The molecule has 0 amide bonds. The Balaban J connectivity index is 0.000000980. The zero-order chi connectivity index (χ0) is 9.26. The second-order valence-electron chi connectivity index (χ2n) is 2.58. The van der Waals surface area contributed by atoms with E-state index >= 15 is 0 Å². The summed E-state index contributed by atoms with van der Waals surface area (Å²) in [7, 11) is 0. The third-order valence-electron chi connectivity index (χ3n) is 1.74. The van der Waals surface area contributed by atoms with Crippen molar-refractivity contribution in [3.05, 3.63) is 36.4 Å². The second kappa shape index (κ2) is 4.72. The summed E-state index contributed by atoms with van der Waals surface area (Å²) in [5.74, 6) is 0. The third kappa shape index (κ3) is 2.22. The Bertz CT molecular complexity index is 475. The fraction of sp³-hybridized carbons (Fsp3) is 0. The van der Waals surface area contributed by atoms with Crippen molar-refractivity contribution in [2.24, 2.45) is 0 Å². The van der Waals surface area contributed by atoms with E-state index in [0.717, 1.165) is 5.39 Å². The molecule has 0 aliphatic rings. The molecule has 14 heavy (non-hydrogen) atoms. The Labute approximate surface area is 96.0 Å². The minimum Gasteiger partial charge on any atom is -0.767 e. The van der Waals surface area contributed by atoms with Gasteiger partial charge in [0.2, 0.25) is 0 Å². The predicted molar refractivity (Wildman–Crippen MR) is 48.9 cm³/mol. The number of hydrogen-bond donors (Lipinski definition) is 0. The van der Waals surface area contributed by atoms with Crippen LogP contribution in [0.1, 0.15) is 0 Å². The average molecular weight is 199 g/mol. The number of hydrogen-bond acceptors (Lipinski definition) is 3. The van der Waals surface area contributed by atoms with Gasteiger partial charge in [0, 0.05) is 5.39 Å². The van der Waals surface area contributed by atoms with Crippen molar-refractivity contribution in [3.8, 4) is 0 Å². The molecule has 1 heterocycles. The molecule has 1 aromatic heterocycles. The minimum absolute atomic E-state index is 0. The van der Waals surface area contributed by atoms with E-state index < -0.39 is 11.1 Å². The smallest absolute Gasteiger partial charge is 0.767 e. The topological polar surface area (TPSA) is 53.0 Å². The van der Waals surface area contributed by atoms with Gasteiger partial charge in [0.1, 0.15) is 5.03 Å². The summed E-state index contributed by atoms with van der Waals surface area (Å²) < 4.78 is 21.2. The first kappa shape index (κ1) is 11.4. The second-order valence-corrected chi connectivity index (χ2v) is 3.46. The molecule has 3 nitrogen and oxygen atoms in total. The van der Waals surface area contributed by atoms with E-state index in [1.54, 1.807) is 12.1 Å². The Morgan fingerprint density at radius 1 is 1.14 bits per heavy atom. The average Bonchev–Trinajstić information content (AvgIpc) is 2.17. The molecule has 66 valence electrons. The van der Waals surface area contributed by atoms with Crippen LogP contribution in [-0.2, 0) is 11.1 Å². The summed E-state index contributed by atoms with van der Waals surface area (Å²) >= 11 is -2.25. The van der Waals surface area contributed by atoms with E-state index in [2.05, 4.69) is 4.98 Å². The molecule has 0 radical (unpaired) electrons. The molecule has 0 fully saturated rings. The van der Waals surface area contributed by atoms with E-state index in [9.17, 15) is 8.76 Å². The number of para-hydroxylation sites is 1. The molecule has 0 saturated carbocycles. The van der Waals surface area contributed by atoms with Crippen LogP contribution >= 0.6 is 0 Å². The molecule has 1 unspecified atom stereocenters. The standard InChI is InChI=1S/C9H7NO2S.Li/c11-13(12)9-6-5-7-3-1-2-4-8(7)10-9;/h1-6H,(H,11,12);/q;+1/p-1. The molecular weight excluding hydrogens is 193 g/mol. The van der Waals surface area contributed by atoms with Crippen molar-refractivity contribution in [2.45, 2.75) is 5.03 Å². The van der Waals surface area contributed by atoms with Gasteiger partial charge in [-0.2, -0.15) is 0 Å². The molecule has 0 bridgehead atoms. The number of fused-ring (bicyclic) bond motifs is 1. The van der Waals surface area contributed by atoms with Crippen molar-refractivity contribution >= 4 is 22.0 Å². The van der Waals surface area contributed by atoms with E-state index in [-0.39, 0.29) is 23.9 Å². The maximum Gasteiger partial charge on any atom is 1.00 e. The van der Waals surface area contributed by atoms with Crippen molar-refractivity contribution in [1.82, 2.24) is 4.98 Å². The summed E-state index contributed by atoms with van der Waals surface area (Å²) in [6, 6.07) is 10.6.